The SMILES string of the molecule is CC(C)C(N)CN1C(=O)C=CC1=O. The van der Waals surface area contributed by atoms with Gasteiger partial charge in [-0.2, -0.15) is 0 Å². The summed E-state index contributed by atoms with van der Waals surface area (Å²) in [5.74, 6) is -0.261. The molecule has 1 rings (SSSR count). The smallest absolute Gasteiger partial charge is 0.253 e. The van der Waals surface area contributed by atoms with Crippen molar-refractivity contribution in [2.75, 3.05) is 6.54 Å². The molecule has 0 aliphatic carbocycles. The molecule has 4 heteroatoms. The minimum atomic E-state index is -0.263. The molecule has 0 radical (unpaired) electrons. The Hall–Kier alpha value is -1.16. The van der Waals surface area contributed by atoms with Crippen LogP contribution in [-0.2, 0) is 9.59 Å². The van der Waals surface area contributed by atoms with Gasteiger partial charge in [-0.3, -0.25) is 14.5 Å². The van der Waals surface area contributed by atoms with Crippen molar-refractivity contribution in [1.82, 2.24) is 4.90 Å². The molecular formula is C9H14N2O2. The van der Waals surface area contributed by atoms with Crippen molar-refractivity contribution in [2.24, 2.45) is 11.7 Å². The predicted octanol–water partition coefficient (Wildman–Crippen LogP) is -0.105. The highest BCUT2D eigenvalue weighted by Gasteiger charge is 2.25. The van der Waals surface area contributed by atoms with Gasteiger partial charge < -0.3 is 5.73 Å². The van der Waals surface area contributed by atoms with Crippen molar-refractivity contribution in [3.8, 4) is 0 Å². The number of amides is 2. The summed E-state index contributed by atoms with van der Waals surface area (Å²) >= 11 is 0. The number of rotatable bonds is 3. The Morgan fingerprint density at radius 3 is 2.15 bits per heavy atom. The van der Waals surface area contributed by atoms with Crippen LogP contribution in [0.5, 0.6) is 0 Å². The summed E-state index contributed by atoms with van der Waals surface area (Å²) in [6.45, 7) is 4.23. The quantitative estimate of drug-likeness (QED) is 0.620. The standard InChI is InChI=1S/C9H14N2O2/c1-6(2)7(10)5-11-8(12)3-4-9(11)13/h3-4,6-7H,5,10H2,1-2H3. The van der Waals surface area contributed by atoms with E-state index in [1.165, 1.54) is 17.1 Å². The Morgan fingerprint density at radius 2 is 1.77 bits per heavy atom. The normalized spacial score (nSPS) is 18.9. The fourth-order valence-corrected chi connectivity index (χ4v) is 1.03. The molecule has 2 amide bonds. The third-order valence-electron chi connectivity index (χ3n) is 2.15. The largest absolute Gasteiger partial charge is 0.326 e. The van der Waals surface area contributed by atoms with Crippen LogP contribution in [0, 0.1) is 5.92 Å². The second kappa shape index (κ2) is 3.70. The fraction of sp³-hybridized carbons (Fsp3) is 0.556. The Morgan fingerprint density at radius 1 is 1.31 bits per heavy atom. The zero-order chi connectivity index (χ0) is 10.0. The highest BCUT2D eigenvalue weighted by molar-refractivity contribution is 6.12. The van der Waals surface area contributed by atoms with Gasteiger partial charge in [-0.25, -0.2) is 0 Å². The molecule has 72 valence electrons. The van der Waals surface area contributed by atoms with Crippen LogP contribution in [0.15, 0.2) is 12.2 Å². The summed E-state index contributed by atoms with van der Waals surface area (Å²) in [4.78, 5) is 23.4. The van der Waals surface area contributed by atoms with Gasteiger partial charge in [-0.05, 0) is 5.92 Å². The minimum Gasteiger partial charge on any atom is -0.326 e. The van der Waals surface area contributed by atoms with Crippen LogP contribution < -0.4 is 5.73 Å². The van der Waals surface area contributed by atoms with Gasteiger partial charge in [0.25, 0.3) is 11.8 Å². The molecule has 0 fully saturated rings. The first-order chi connectivity index (χ1) is 6.02. The maximum absolute atomic E-state index is 11.1. The van der Waals surface area contributed by atoms with E-state index in [9.17, 15) is 9.59 Å². The summed E-state index contributed by atoms with van der Waals surface area (Å²) in [5.41, 5.74) is 5.75. The molecule has 0 aromatic heterocycles. The lowest BCUT2D eigenvalue weighted by atomic mass is 10.1. The van der Waals surface area contributed by atoms with Gasteiger partial charge in [0, 0.05) is 24.7 Å². The van der Waals surface area contributed by atoms with Crippen molar-refractivity contribution in [2.45, 2.75) is 19.9 Å². The van der Waals surface area contributed by atoms with Crippen LogP contribution in [0.25, 0.3) is 0 Å². The average Bonchev–Trinajstić information content (AvgIpc) is 2.35. The zero-order valence-corrected chi connectivity index (χ0v) is 7.86. The molecule has 0 bridgehead atoms. The molecule has 2 N–H and O–H groups in total. The molecule has 0 spiro atoms. The molecule has 1 unspecified atom stereocenters. The molecular weight excluding hydrogens is 168 g/mol. The monoisotopic (exact) mass is 182 g/mol. The molecule has 13 heavy (non-hydrogen) atoms. The Bertz CT molecular complexity index is 240. The van der Waals surface area contributed by atoms with Gasteiger partial charge in [-0.1, -0.05) is 13.8 Å². The molecule has 4 nitrogen and oxygen atoms in total. The number of carbonyl (C=O) groups excluding carboxylic acids is 2. The van der Waals surface area contributed by atoms with E-state index in [1.54, 1.807) is 0 Å². The first-order valence-corrected chi connectivity index (χ1v) is 4.31. The van der Waals surface area contributed by atoms with Crippen molar-refractivity contribution in [3.05, 3.63) is 12.2 Å². The topological polar surface area (TPSA) is 63.4 Å². The molecule has 1 aliphatic rings. The number of nitrogens with two attached hydrogens (primary N) is 1. The maximum atomic E-state index is 11.1. The molecule has 0 aromatic carbocycles. The second-order valence-electron chi connectivity index (χ2n) is 3.53. The third-order valence-corrected chi connectivity index (χ3v) is 2.15. The molecule has 1 heterocycles. The van der Waals surface area contributed by atoms with Gasteiger partial charge in [-0.15, -0.1) is 0 Å². The van der Waals surface area contributed by atoms with Gasteiger partial charge >= 0.3 is 0 Å². The van der Waals surface area contributed by atoms with Crippen molar-refractivity contribution < 1.29 is 9.59 Å². The second-order valence-corrected chi connectivity index (χ2v) is 3.53. The summed E-state index contributed by atoms with van der Waals surface area (Å²) in [6.07, 6.45) is 2.55. The summed E-state index contributed by atoms with van der Waals surface area (Å²) in [5, 5.41) is 0. The number of hydrogen-bond acceptors (Lipinski definition) is 3. The number of imide groups is 1. The fourth-order valence-electron chi connectivity index (χ4n) is 1.03. The van der Waals surface area contributed by atoms with Crippen LogP contribution >= 0.6 is 0 Å². The zero-order valence-electron chi connectivity index (χ0n) is 7.86. The first kappa shape index (κ1) is 9.92. The van der Waals surface area contributed by atoms with Crippen LogP contribution in [0.4, 0.5) is 0 Å². The summed E-state index contributed by atoms with van der Waals surface area (Å²) in [7, 11) is 0. The Balaban J connectivity index is 2.55. The van der Waals surface area contributed by atoms with E-state index >= 15 is 0 Å². The molecule has 1 atom stereocenters. The Labute approximate surface area is 77.4 Å². The van der Waals surface area contributed by atoms with Crippen LogP contribution in [0.2, 0.25) is 0 Å². The summed E-state index contributed by atoms with van der Waals surface area (Å²) in [6, 6.07) is -0.146. The van der Waals surface area contributed by atoms with Crippen molar-refractivity contribution >= 4 is 11.8 Å². The molecule has 0 saturated carbocycles. The molecule has 0 saturated heterocycles. The summed E-state index contributed by atoms with van der Waals surface area (Å²) < 4.78 is 0. The minimum absolute atomic E-state index is 0.146. The predicted molar refractivity (Wildman–Crippen MR) is 48.7 cm³/mol. The lowest BCUT2D eigenvalue weighted by Crippen LogP contribution is -2.43. The van der Waals surface area contributed by atoms with E-state index in [0.717, 1.165) is 0 Å². The highest BCUT2D eigenvalue weighted by atomic mass is 16.2. The van der Waals surface area contributed by atoms with E-state index < -0.39 is 0 Å². The molecule has 1 aliphatic heterocycles. The van der Waals surface area contributed by atoms with E-state index in [4.69, 9.17) is 5.73 Å². The van der Waals surface area contributed by atoms with E-state index in [1.807, 2.05) is 13.8 Å². The van der Waals surface area contributed by atoms with Crippen LogP contribution in [0.3, 0.4) is 0 Å². The highest BCUT2D eigenvalue weighted by Crippen LogP contribution is 2.07. The number of hydrogen-bond donors (Lipinski definition) is 1. The molecule has 0 aromatic rings. The number of nitrogens with zero attached hydrogens (tertiary/aromatic N) is 1. The van der Waals surface area contributed by atoms with Crippen molar-refractivity contribution in [1.29, 1.82) is 0 Å². The lowest BCUT2D eigenvalue weighted by Gasteiger charge is -2.21. The van der Waals surface area contributed by atoms with Crippen LogP contribution in [-0.4, -0.2) is 29.3 Å². The van der Waals surface area contributed by atoms with Gasteiger partial charge in [0.2, 0.25) is 0 Å². The maximum Gasteiger partial charge on any atom is 0.253 e. The van der Waals surface area contributed by atoms with Crippen molar-refractivity contribution in [3.63, 3.8) is 0 Å². The van der Waals surface area contributed by atoms with E-state index in [0.29, 0.717) is 6.54 Å². The third kappa shape index (κ3) is 2.15. The lowest BCUT2D eigenvalue weighted by molar-refractivity contribution is -0.137. The first-order valence-electron chi connectivity index (χ1n) is 4.31. The van der Waals surface area contributed by atoms with Gasteiger partial charge in [0.15, 0.2) is 0 Å². The van der Waals surface area contributed by atoms with E-state index in [2.05, 4.69) is 0 Å². The Kier molecular flexibility index (Phi) is 2.83. The van der Waals surface area contributed by atoms with E-state index in [-0.39, 0.29) is 23.8 Å². The number of carbonyl (C=O) groups is 2. The van der Waals surface area contributed by atoms with Crippen LogP contribution in [0.1, 0.15) is 13.8 Å². The van der Waals surface area contributed by atoms with Gasteiger partial charge in [0.05, 0.1) is 0 Å². The van der Waals surface area contributed by atoms with Gasteiger partial charge in [0.1, 0.15) is 0 Å². The average molecular weight is 182 g/mol.